The van der Waals surface area contributed by atoms with Crippen molar-refractivity contribution in [2.24, 2.45) is 5.92 Å². The number of carbonyl (C=O) groups is 1. The minimum Gasteiger partial charge on any atom is -0.353 e. The van der Waals surface area contributed by atoms with Crippen molar-refractivity contribution in [2.45, 2.75) is 32.2 Å². The summed E-state index contributed by atoms with van der Waals surface area (Å²) in [5, 5.41) is 6.41. The molecule has 0 aromatic heterocycles. The number of hydrogen-bond donors (Lipinski definition) is 2. The number of rotatable bonds is 5. The van der Waals surface area contributed by atoms with Crippen LogP contribution in [0.2, 0.25) is 0 Å². The van der Waals surface area contributed by atoms with E-state index < -0.39 is 0 Å². The molecule has 19 heavy (non-hydrogen) atoms. The Hall–Kier alpha value is -1.06. The topological polar surface area (TPSA) is 41.1 Å². The summed E-state index contributed by atoms with van der Waals surface area (Å²) in [5.41, 5.74) is 1.29. The fraction of sp³-hybridized carbons (Fsp3) is 0.533. The lowest BCUT2D eigenvalue weighted by atomic mass is 10.0. The molecular weight excluding hydrogens is 260 g/mol. The van der Waals surface area contributed by atoms with Crippen molar-refractivity contribution < 1.29 is 4.79 Å². The van der Waals surface area contributed by atoms with Crippen LogP contribution in [0.1, 0.15) is 25.3 Å². The second-order valence-electron chi connectivity index (χ2n) is 4.99. The van der Waals surface area contributed by atoms with E-state index in [9.17, 15) is 4.79 Å². The van der Waals surface area contributed by atoms with Crippen LogP contribution in [0.3, 0.4) is 0 Å². The molecule has 1 saturated heterocycles. The quantitative estimate of drug-likeness (QED) is 0.869. The first-order valence-electron chi connectivity index (χ1n) is 6.84. The number of amides is 1. The second-order valence-corrected chi connectivity index (χ2v) is 4.99. The van der Waals surface area contributed by atoms with Crippen molar-refractivity contribution in [3.63, 3.8) is 0 Å². The van der Waals surface area contributed by atoms with E-state index >= 15 is 0 Å². The van der Waals surface area contributed by atoms with Crippen molar-refractivity contribution in [2.75, 3.05) is 13.1 Å². The van der Waals surface area contributed by atoms with Gasteiger partial charge in [-0.3, -0.25) is 4.79 Å². The molecule has 2 rings (SSSR count). The highest BCUT2D eigenvalue weighted by molar-refractivity contribution is 5.85. The molecule has 3 nitrogen and oxygen atoms in total. The zero-order valence-electron chi connectivity index (χ0n) is 11.4. The van der Waals surface area contributed by atoms with Gasteiger partial charge in [0.1, 0.15) is 0 Å². The van der Waals surface area contributed by atoms with Gasteiger partial charge in [-0.1, -0.05) is 37.3 Å². The molecule has 1 aliphatic rings. The highest BCUT2D eigenvalue weighted by atomic mass is 35.5. The van der Waals surface area contributed by atoms with Gasteiger partial charge in [0, 0.05) is 12.6 Å². The summed E-state index contributed by atoms with van der Waals surface area (Å²) < 4.78 is 0. The molecule has 0 aliphatic carbocycles. The maximum Gasteiger partial charge on any atom is 0.224 e. The van der Waals surface area contributed by atoms with E-state index in [1.54, 1.807) is 0 Å². The van der Waals surface area contributed by atoms with E-state index in [0.29, 0.717) is 0 Å². The molecule has 0 radical (unpaired) electrons. The van der Waals surface area contributed by atoms with Crippen LogP contribution in [-0.2, 0) is 11.2 Å². The van der Waals surface area contributed by atoms with Gasteiger partial charge in [-0.05, 0) is 31.4 Å². The molecule has 0 spiro atoms. The maximum atomic E-state index is 12.1. The molecule has 2 atom stereocenters. The highest BCUT2D eigenvalue weighted by Gasteiger charge is 2.23. The molecule has 1 aromatic rings. The number of nitrogens with one attached hydrogen (secondary N) is 2. The number of carbonyl (C=O) groups excluding carboxylic acids is 1. The standard InChI is InChI=1S/C15H22N2O.ClH/c1-2-14(10-12-6-4-3-5-7-12)17-15(18)13-8-9-16-11-13;/h3-7,13-14,16H,2,8-11H2,1H3,(H,17,18);1H. The predicted octanol–water partition coefficient (Wildman–Crippen LogP) is 2.16. The molecule has 0 saturated carbocycles. The van der Waals surface area contributed by atoms with E-state index in [-0.39, 0.29) is 30.3 Å². The Kier molecular flexibility index (Phi) is 6.89. The summed E-state index contributed by atoms with van der Waals surface area (Å²) in [4.78, 5) is 12.1. The Labute approximate surface area is 121 Å². The molecule has 106 valence electrons. The third-order valence-electron chi connectivity index (χ3n) is 3.60. The van der Waals surface area contributed by atoms with Crippen molar-refractivity contribution in [3.8, 4) is 0 Å². The van der Waals surface area contributed by atoms with Crippen LogP contribution in [0.15, 0.2) is 30.3 Å². The summed E-state index contributed by atoms with van der Waals surface area (Å²) in [7, 11) is 0. The Balaban J connectivity index is 0.00000180. The van der Waals surface area contributed by atoms with Crippen LogP contribution in [0.25, 0.3) is 0 Å². The summed E-state index contributed by atoms with van der Waals surface area (Å²) >= 11 is 0. The van der Waals surface area contributed by atoms with Crippen LogP contribution in [0, 0.1) is 5.92 Å². The molecule has 1 fully saturated rings. The molecule has 1 aromatic carbocycles. The molecule has 1 amide bonds. The lowest BCUT2D eigenvalue weighted by Gasteiger charge is -2.19. The van der Waals surface area contributed by atoms with E-state index in [2.05, 4.69) is 29.7 Å². The van der Waals surface area contributed by atoms with Crippen LogP contribution in [-0.4, -0.2) is 25.0 Å². The molecule has 1 aliphatic heterocycles. The first kappa shape index (κ1) is 16.0. The van der Waals surface area contributed by atoms with E-state index in [1.165, 1.54) is 5.56 Å². The fourth-order valence-electron chi connectivity index (χ4n) is 2.39. The number of halogens is 1. The van der Waals surface area contributed by atoms with Gasteiger partial charge in [0.25, 0.3) is 0 Å². The zero-order valence-corrected chi connectivity index (χ0v) is 12.2. The van der Waals surface area contributed by atoms with Gasteiger partial charge in [0.2, 0.25) is 5.91 Å². The minimum absolute atomic E-state index is 0. The summed E-state index contributed by atoms with van der Waals surface area (Å²) in [6, 6.07) is 10.6. The molecule has 2 N–H and O–H groups in total. The maximum absolute atomic E-state index is 12.1. The van der Waals surface area contributed by atoms with Gasteiger partial charge in [-0.25, -0.2) is 0 Å². The van der Waals surface area contributed by atoms with Gasteiger partial charge < -0.3 is 10.6 Å². The van der Waals surface area contributed by atoms with Crippen molar-refractivity contribution in [3.05, 3.63) is 35.9 Å². The lowest BCUT2D eigenvalue weighted by Crippen LogP contribution is -2.40. The summed E-state index contributed by atoms with van der Waals surface area (Å²) in [6.07, 6.45) is 2.86. The largest absolute Gasteiger partial charge is 0.353 e. The smallest absolute Gasteiger partial charge is 0.224 e. The van der Waals surface area contributed by atoms with Gasteiger partial charge >= 0.3 is 0 Å². The summed E-state index contributed by atoms with van der Waals surface area (Å²) in [5.74, 6) is 0.373. The van der Waals surface area contributed by atoms with E-state index in [4.69, 9.17) is 0 Å². The Morgan fingerprint density at radius 1 is 1.42 bits per heavy atom. The zero-order chi connectivity index (χ0) is 12.8. The van der Waals surface area contributed by atoms with Gasteiger partial charge in [-0.15, -0.1) is 12.4 Å². The van der Waals surface area contributed by atoms with Crippen molar-refractivity contribution in [1.29, 1.82) is 0 Å². The molecule has 2 unspecified atom stereocenters. The summed E-state index contributed by atoms with van der Waals surface area (Å²) in [6.45, 7) is 3.92. The fourth-order valence-corrected chi connectivity index (χ4v) is 2.39. The third kappa shape index (κ3) is 4.84. The predicted molar refractivity (Wildman–Crippen MR) is 80.6 cm³/mol. The Morgan fingerprint density at radius 2 is 2.16 bits per heavy atom. The van der Waals surface area contributed by atoms with Crippen molar-refractivity contribution in [1.82, 2.24) is 10.6 Å². The molecule has 1 heterocycles. The third-order valence-corrected chi connectivity index (χ3v) is 3.60. The van der Waals surface area contributed by atoms with Crippen LogP contribution < -0.4 is 10.6 Å². The highest BCUT2D eigenvalue weighted by Crippen LogP contribution is 2.10. The number of hydrogen-bond acceptors (Lipinski definition) is 2. The Morgan fingerprint density at radius 3 is 2.74 bits per heavy atom. The van der Waals surface area contributed by atoms with Gasteiger partial charge in [-0.2, -0.15) is 0 Å². The second kappa shape index (κ2) is 8.18. The monoisotopic (exact) mass is 282 g/mol. The van der Waals surface area contributed by atoms with Crippen molar-refractivity contribution >= 4 is 18.3 Å². The minimum atomic E-state index is 0. The van der Waals surface area contributed by atoms with Gasteiger partial charge in [0.15, 0.2) is 0 Å². The SMILES string of the molecule is CCC(Cc1ccccc1)NC(=O)C1CCNC1.Cl. The van der Waals surface area contributed by atoms with E-state index in [0.717, 1.165) is 32.4 Å². The van der Waals surface area contributed by atoms with Crippen LogP contribution in [0.5, 0.6) is 0 Å². The lowest BCUT2D eigenvalue weighted by molar-refractivity contribution is -0.125. The molecule has 0 bridgehead atoms. The Bertz CT molecular complexity index is 377. The van der Waals surface area contributed by atoms with E-state index in [1.807, 2.05) is 18.2 Å². The first-order valence-corrected chi connectivity index (χ1v) is 6.84. The first-order chi connectivity index (χ1) is 8.79. The molecule has 4 heteroatoms. The molecular formula is C15H23ClN2O. The average Bonchev–Trinajstić information content (AvgIpc) is 2.93. The van der Waals surface area contributed by atoms with Crippen LogP contribution in [0.4, 0.5) is 0 Å². The van der Waals surface area contributed by atoms with Crippen LogP contribution >= 0.6 is 12.4 Å². The number of benzene rings is 1. The average molecular weight is 283 g/mol. The van der Waals surface area contributed by atoms with Gasteiger partial charge in [0.05, 0.1) is 5.92 Å². The normalized spacial score (nSPS) is 19.5.